The normalized spacial score (nSPS) is 19.1. The molecule has 0 aliphatic heterocycles. The standard InChI is InChI=1S/C19H32N2/c1-5-20-18(12-17-9-8-16(4)14-21-17)19(13-15(2)3)10-6-7-11-19/h8-9,14-15,18,20H,5-7,10-13H2,1-4H3. The fourth-order valence-electron chi connectivity index (χ4n) is 4.17. The van der Waals surface area contributed by atoms with Crippen LogP contribution >= 0.6 is 0 Å². The molecule has 0 spiro atoms. The zero-order chi connectivity index (χ0) is 15.3. The van der Waals surface area contributed by atoms with E-state index in [0.717, 1.165) is 18.9 Å². The third kappa shape index (κ3) is 4.29. The summed E-state index contributed by atoms with van der Waals surface area (Å²) in [5.74, 6) is 0.773. The van der Waals surface area contributed by atoms with Gasteiger partial charge in [-0.15, -0.1) is 0 Å². The zero-order valence-corrected chi connectivity index (χ0v) is 14.3. The molecule has 2 nitrogen and oxygen atoms in total. The highest BCUT2D eigenvalue weighted by Crippen LogP contribution is 2.46. The van der Waals surface area contributed by atoms with E-state index >= 15 is 0 Å². The van der Waals surface area contributed by atoms with Gasteiger partial charge < -0.3 is 5.32 Å². The number of pyridine rings is 1. The Balaban J connectivity index is 2.17. The Hall–Kier alpha value is -0.890. The highest BCUT2D eigenvalue weighted by Gasteiger charge is 2.41. The van der Waals surface area contributed by atoms with Gasteiger partial charge in [-0.3, -0.25) is 4.98 Å². The summed E-state index contributed by atoms with van der Waals surface area (Å²) in [6.45, 7) is 10.1. The first-order valence-corrected chi connectivity index (χ1v) is 8.70. The van der Waals surface area contributed by atoms with E-state index < -0.39 is 0 Å². The van der Waals surface area contributed by atoms with E-state index in [1.54, 1.807) is 0 Å². The van der Waals surface area contributed by atoms with Crippen molar-refractivity contribution in [2.45, 2.75) is 72.3 Å². The first-order chi connectivity index (χ1) is 10.1. The van der Waals surface area contributed by atoms with Crippen molar-refractivity contribution in [1.82, 2.24) is 10.3 Å². The van der Waals surface area contributed by atoms with Crippen LogP contribution < -0.4 is 5.32 Å². The van der Waals surface area contributed by atoms with Crippen LogP contribution in [0.2, 0.25) is 0 Å². The molecule has 1 aromatic rings. The topological polar surface area (TPSA) is 24.9 Å². The quantitative estimate of drug-likeness (QED) is 0.798. The van der Waals surface area contributed by atoms with Gasteiger partial charge >= 0.3 is 0 Å². The van der Waals surface area contributed by atoms with Crippen LogP contribution in [0.4, 0.5) is 0 Å². The maximum absolute atomic E-state index is 4.64. The maximum atomic E-state index is 4.64. The molecular formula is C19H32N2. The van der Waals surface area contributed by atoms with Crippen LogP contribution in [-0.2, 0) is 6.42 Å². The van der Waals surface area contributed by atoms with Gasteiger partial charge in [0, 0.05) is 24.4 Å². The lowest BCUT2D eigenvalue weighted by Crippen LogP contribution is -2.46. The SMILES string of the molecule is CCNC(Cc1ccc(C)cn1)C1(CC(C)C)CCCC1. The zero-order valence-electron chi connectivity index (χ0n) is 14.3. The first kappa shape index (κ1) is 16.5. The van der Waals surface area contributed by atoms with E-state index in [1.807, 2.05) is 6.20 Å². The Morgan fingerprint density at radius 1 is 1.24 bits per heavy atom. The van der Waals surface area contributed by atoms with Gasteiger partial charge in [-0.05, 0) is 55.7 Å². The van der Waals surface area contributed by atoms with E-state index in [9.17, 15) is 0 Å². The number of likely N-dealkylation sites (N-methyl/N-ethyl adjacent to an activating group) is 1. The van der Waals surface area contributed by atoms with Crippen molar-refractivity contribution in [3.05, 3.63) is 29.6 Å². The molecule has 1 aromatic heterocycles. The molecule has 1 unspecified atom stereocenters. The van der Waals surface area contributed by atoms with Crippen molar-refractivity contribution in [1.29, 1.82) is 0 Å². The third-order valence-electron chi connectivity index (χ3n) is 4.99. The number of aryl methyl sites for hydroxylation is 1. The van der Waals surface area contributed by atoms with Gasteiger partial charge in [0.1, 0.15) is 0 Å². The van der Waals surface area contributed by atoms with Gasteiger partial charge in [-0.1, -0.05) is 39.7 Å². The second kappa shape index (κ2) is 7.40. The Kier molecular flexibility index (Phi) is 5.80. The van der Waals surface area contributed by atoms with E-state index in [-0.39, 0.29) is 0 Å². The Labute approximate surface area is 130 Å². The molecule has 0 amide bonds. The summed E-state index contributed by atoms with van der Waals surface area (Å²) in [5.41, 5.74) is 2.97. The number of nitrogens with one attached hydrogen (secondary N) is 1. The number of rotatable bonds is 7. The van der Waals surface area contributed by atoms with Gasteiger partial charge in [-0.2, -0.15) is 0 Å². The molecule has 118 valence electrons. The first-order valence-electron chi connectivity index (χ1n) is 8.70. The summed E-state index contributed by atoms with van der Waals surface area (Å²) in [6, 6.07) is 4.97. The fraction of sp³-hybridized carbons (Fsp3) is 0.737. The van der Waals surface area contributed by atoms with Gasteiger partial charge in [0.15, 0.2) is 0 Å². The number of hydrogen-bond donors (Lipinski definition) is 1. The largest absolute Gasteiger partial charge is 0.313 e. The predicted molar refractivity (Wildman–Crippen MR) is 90.5 cm³/mol. The molecule has 1 N–H and O–H groups in total. The second-order valence-electron chi connectivity index (χ2n) is 7.31. The van der Waals surface area contributed by atoms with Crippen LogP contribution in [0.3, 0.4) is 0 Å². The molecule has 1 aliphatic rings. The minimum Gasteiger partial charge on any atom is -0.313 e. The second-order valence-corrected chi connectivity index (χ2v) is 7.31. The van der Waals surface area contributed by atoms with Crippen LogP contribution in [-0.4, -0.2) is 17.6 Å². The summed E-state index contributed by atoms with van der Waals surface area (Å²) in [5, 5.41) is 3.79. The Bertz CT molecular complexity index is 416. The van der Waals surface area contributed by atoms with Gasteiger partial charge in [0.05, 0.1) is 0 Å². The summed E-state index contributed by atoms with van der Waals surface area (Å²) >= 11 is 0. The monoisotopic (exact) mass is 288 g/mol. The Morgan fingerprint density at radius 3 is 2.48 bits per heavy atom. The van der Waals surface area contributed by atoms with Crippen LogP contribution in [0.15, 0.2) is 18.3 Å². The lowest BCUT2D eigenvalue weighted by molar-refractivity contribution is 0.154. The molecule has 0 radical (unpaired) electrons. The lowest BCUT2D eigenvalue weighted by atomic mass is 9.71. The molecule has 1 fully saturated rings. The fourth-order valence-corrected chi connectivity index (χ4v) is 4.17. The predicted octanol–water partition coefficient (Wildman–Crippen LogP) is 4.52. The lowest BCUT2D eigenvalue weighted by Gasteiger charge is -2.40. The summed E-state index contributed by atoms with van der Waals surface area (Å²) in [4.78, 5) is 4.64. The molecule has 2 heteroatoms. The van der Waals surface area contributed by atoms with Crippen LogP contribution in [0.25, 0.3) is 0 Å². The van der Waals surface area contributed by atoms with Crippen molar-refractivity contribution in [3.8, 4) is 0 Å². The molecule has 1 atom stereocenters. The molecule has 1 heterocycles. The van der Waals surface area contributed by atoms with E-state index in [4.69, 9.17) is 0 Å². The average molecular weight is 288 g/mol. The molecule has 0 aromatic carbocycles. The molecule has 21 heavy (non-hydrogen) atoms. The van der Waals surface area contributed by atoms with Crippen molar-refractivity contribution < 1.29 is 0 Å². The highest BCUT2D eigenvalue weighted by molar-refractivity contribution is 5.14. The number of nitrogens with zero attached hydrogens (tertiary/aromatic N) is 1. The molecular weight excluding hydrogens is 256 g/mol. The summed E-state index contributed by atoms with van der Waals surface area (Å²) in [7, 11) is 0. The molecule has 0 saturated heterocycles. The summed E-state index contributed by atoms with van der Waals surface area (Å²) in [6.07, 6.45) is 9.98. The van der Waals surface area contributed by atoms with Crippen LogP contribution in [0, 0.1) is 18.3 Å². The van der Waals surface area contributed by atoms with E-state index in [2.05, 4.69) is 50.1 Å². The van der Waals surface area contributed by atoms with Gasteiger partial charge in [0.25, 0.3) is 0 Å². The Morgan fingerprint density at radius 2 is 1.95 bits per heavy atom. The van der Waals surface area contributed by atoms with E-state index in [1.165, 1.54) is 43.4 Å². The number of aromatic nitrogens is 1. The summed E-state index contributed by atoms with van der Waals surface area (Å²) < 4.78 is 0. The minimum atomic E-state index is 0.483. The molecule has 1 saturated carbocycles. The van der Waals surface area contributed by atoms with Crippen molar-refractivity contribution in [2.24, 2.45) is 11.3 Å². The van der Waals surface area contributed by atoms with Gasteiger partial charge in [0.2, 0.25) is 0 Å². The molecule has 0 bridgehead atoms. The van der Waals surface area contributed by atoms with Crippen molar-refractivity contribution >= 4 is 0 Å². The van der Waals surface area contributed by atoms with Crippen molar-refractivity contribution in [2.75, 3.05) is 6.54 Å². The smallest absolute Gasteiger partial charge is 0.0419 e. The highest BCUT2D eigenvalue weighted by atomic mass is 14.9. The van der Waals surface area contributed by atoms with E-state index in [0.29, 0.717) is 11.5 Å². The van der Waals surface area contributed by atoms with Crippen molar-refractivity contribution in [3.63, 3.8) is 0 Å². The minimum absolute atomic E-state index is 0.483. The maximum Gasteiger partial charge on any atom is 0.0419 e. The van der Waals surface area contributed by atoms with Gasteiger partial charge in [-0.25, -0.2) is 0 Å². The van der Waals surface area contributed by atoms with Crippen LogP contribution in [0.1, 0.15) is 64.1 Å². The third-order valence-corrected chi connectivity index (χ3v) is 4.99. The van der Waals surface area contributed by atoms with Crippen LogP contribution in [0.5, 0.6) is 0 Å². The molecule has 1 aliphatic carbocycles. The average Bonchev–Trinajstić information content (AvgIpc) is 2.89. The number of hydrogen-bond acceptors (Lipinski definition) is 2. The molecule has 2 rings (SSSR count).